The van der Waals surface area contributed by atoms with Gasteiger partial charge in [0.05, 0.1) is 18.8 Å². The van der Waals surface area contributed by atoms with Gasteiger partial charge in [0.25, 0.3) is 0 Å². The van der Waals surface area contributed by atoms with Crippen LogP contribution in [-0.4, -0.2) is 42.5 Å². The van der Waals surface area contributed by atoms with Gasteiger partial charge in [-0.2, -0.15) is 0 Å². The van der Waals surface area contributed by atoms with E-state index in [4.69, 9.17) is 4.74 Å². The summed E-state index contributed by atoms with van der Waals surface area (Å²) in [4.78, 5) is 27.4. The van der Waals surface area contributed by atoms with E-state index in [9.17, 15) is 9.59 Å². The molecule has 2 atom stereocenters. The van der Waals surface area contributed by atoms with Crippen molar-refractivity contribution in [3.63, 3.8) is 0 Å². The van der Waals surface area contributed by atoms with E-state index in [1.807, 2.05) is 0 Å². The van der Waals surface area contributed by atoms with Crippen LogP contribution in [0.4, 0.5) is 0 Å². The van der Waals surface area contributed by atoms with Crippen LogP contribution in [0, 0.1) is 11.8 Å². The Kier molecular flexibility index (Phi) is 7.78. The fourth-order valence-corrected chi connectivity index (χ4v) is 3.51. The molecular formula is C15H25NO4S. The third-order valence-electron chi connectivity index (χ3n) is 3.44. The minimum atomic E-state index is -0.361. The van der Waals surface area contributed by atoms with Gasteiger partial charge in [-0.05, 0) is 31.4 Å². The lowest BCUT2D eigenvalue weighted by molar-refractivity contribution is -0.144. The second-order valence-electron chi connectivity index (χ2n) is 5.35. The molecule has 120 valence electrons. The van der Waals surface area contributed by atoms with Gasteiger partial charge >= 0.3 is 11.9 Å². The van der Waals surface area contributed by atoms with E-state index in [0.29, 0.717) is 24.9 Å². The van der Waals surface area contributed by atoms with Crippen molar-refractivity contribution < 1.29 is 19.1 Å². The minimum absolute atomic E-state index is 0.186. The van der Waals surface area contributed by atoms with Gasteiger partial charge in [-0.25, -0.2) is 4.79 Å². The molecule has 0 aliphatic carbocycles. The Hall–Kier alpha value is -1.04. The van der Waals surface area contributed by atoms with Gasteiger partial charge in [0.15, 0.2) is 0 Å². The van der Waals surface area contributed by atoms with Crippen LogP contribution in [-0.2, 0) is 19.1 Å². The van der Waals surface area contributed by atoms with Gasteiger partial charge in [-0.1, -0.05) is 13.8 Å². The largest absolute Gasteiger partial charge is 0.469 e. The number of thioether (sulfide) groups is 1. The molecule has 0 radical (unpaired) electrons. The van der Waals surface area contributed by atoms with Gasteiger partial charge in [-0.3, -0.25) is 9.79 Å². The van der Waals surface area contributed by atoms with Crippen LogP contribution < -0.4 is 0 Å². The molecule has 1 aliphatic heterocycles. The van der Waals surface area contributed by atoms with Crippen molar-refractivity contribution in [1.82, 2.24) is 0 Å². The molecule has 0 fully saturated rings. The van der Waals surface area contributed by atoms with Crippen LogP contribution in [0.2, 0.25) is 0 Å². The van der Waals surface area contributed by atoms with Gasteiger partial charge in [0.2, 0.25) is 0 Å². The lowest BCUT2D eigenvalue weighted by Gasteiger charge is -2.16. The first-order valence-electron chi connectivity index (χ1n) is 7.43. The van der Waals surface area contributed by atoms with Crippen molar-refractivity contribution in [3.05, 3.63) is 0 Å². The first kappa shape index (κ1) is 18.0. The Morgan fingerprint density at radius 1 is 1.43 bits per heavy atom. The van der Waals surface area contributed by atoms with Crippen LogP contribution in [0.5, 0.6) is 0 Å². The van der Waals surface area contributed by atoms with Crippen LogP contribution >= 0.6 is 11.8 Å². The van der Waals surface area contributed by atoms with Crippen LogP contribution in [0.3, 0.4) is 0 Å². The highest BCUT2D eigenvalue weighted by Gasteiger charge is 2.35. The van der Waals surface area contributed by atoms with E-state index in [-0.39, 0.29) is 18.0 Å². The molecule has 0 aromatic heterocycles. The Balaban J connectivity index is 2.52. The van der Waals surface area contributed by atoms with Gasteiger partial charge in [0, 0.05) is 12.3 Å². The second kappa shape index (κ2) is 9.07. The van der Waals surface area contributed by atoms with E-state index in [0.717, 1.165) is 23.6 Å². The zero-order valence-electron chi connectivity index (χ0n) is 13.3. The molecule has 6 heteroatoms. The number of methoxy groups -OCH3 is 1. The number of ether oxygens (including phenoxy) is 2. The number of esters is 2. The highest BCUT2D eigenvalue weighted by molar-refractivity contribution is 8.14. The number of carbonyl (C=O) groups excluding carboxylic acids is 2. The third-order valence-corrected chi connectivity index (χ3v) is 4.64. The summed E-state index contributed by atoms with van der Waals surface area (Å²) >= 11 is 1.65. The lowest BCUT2D eigenvalue weighted by atomic mass is 9.93. The summed E-state index contributed by atoms with van der Waals surface area (Å²) in [5, 5.41) is 1.02. The van der Waals surface area contributed by atoms with Gasteiger partial charge in [0.1, 0.15) is 6.04 Å². The Labute approximate surface area is 130 Å². The predicted octanol–water partition coefficient (Wildman–Crippen LogP) is 2.68. The number of nitrogens with zero attached hydrogens (tertiary/aromatic N) is 1. The molecule has 0 amide bonds. The molecule has 0 spiro atoms. The van der Waals surface area contributed by atoms with E-state index >= 15 is 0 Å². The molecule has 5 nitrogen and oxygen atoms in total. The minimum Gasteiger partial charge on any atom is -0.469 e. The second-order valence-corrected chi connectivity index (χ2v) is 6.46. The first-order chi connectivity index (χ1) is 9.99. The number of hydrogen-bond donors (Lipinski definition) is 0. The number of rotatable bonds is 7. The molecule has 0 N–H and O–H groups in total. The van der Waals surface area contributed by atoms with E-state index in [1.54, 1.807) is 18.7 Å². The normalized spacial score (nSPS) is 21.3. The predicted molar refractivity (Wildman–Crippen MR) is 84.5 cm³/mol. The molecular weight excluding hydrogens is 290 g/mol. The van der Waals surface area contributed by atoms with Crippen molar-refractivity contribution in [2.24, 2.45) is 16.8 Å². The molecule has 21 heavy (non-hydrogen) atoms. The quantitative estimate of drug-likeness (QED) is 0.534. The van der Waals surface area contributed by atoms with Crippen LogP contribution in [0.25, 0.3) is 0 Å². The van der Waals surface area contributed by atoms with E-state index < -0.39 is 0 Å². The van der Waals surface area contributed by atoms with Crippen molar-refractivity contribution in [2.45, 2.75) is 46.1 Å². The number of aliphatic imine (C=N–C) groups is 1. The average Bonchev–Trinajstić information content (AvgIpc) is 2.88. The highest BCUT2D eigenvalue weighted by atomic mass is 32.2. The standard InChI is InChI=1S/C15H25NO4S/c1-5-20-15(18)12-9-11(10(2)3)14(16-12)21-8-6-7-13(17)19-4/h10-12H,5-9H2,1-4H3/t11-,12+/m0/s1. The SMILES string of the molecule is CCOC(=O)[C@H]1C[C@@H](C(C)C)C(SCCCC(=O)OC)=N1. The number of hydrogen-bond acceptors (Lipinski definition) is 6. The molecule has 0 unspecified atom stereocenters. The summed E-state index contributed by atoms with van der Waals surface area (Å²) < 4.78 is 9.67. The Bertz CT molecular complexity index is 395. The topological polar surface area (TPSA) is 65.0 Å². The van der Waals surface area contributed by atoms with E-state index in [1.165, 1.54) is 7.11 Å². The molecule has 0 saturated heterocycles. The fourth-order valence-electron chi connectivity index (χ4n) is 2.23. The molecule has 0 aromatic carbocycles. The fraction of sp³-hybridized carbons (Fsp3) is 0.800. The summed E-state index contributed by atoms with van der Waals surface area (Å²) in [5.74, 6) is 1.15. The Morgan fingerprint density at radius 2 is 2.14 bits per heavy atom. The summed E-state index contributed by atoms with van der Waals surface area (Å²) in [6.45, 7) is 6.48. The molecule has 0 aromatic rings. The lowest BCUT2D eigenvalue weighted by Crippen LogP contribution is -2.21. The monoisotopic (exact) mass is 315 g/mol. The van der Waals surface area contributed by atoms with E-state index in [2.05, 4.69) is 23.6 Å². The van der Waals surface area contributed by atoms with Crippen molar-refractivity contribution in [1.29, 1.82) is 0 Å². The van der Waals surface area contributed by atoms with Crippen LogP contribution in [0.15, 0.2) is 4.99 Å². The zero-order valence-corrected chi connectivity index (χ0v) is 14.1. The van der Waals surface area contributed by atoms with Gasteiger partial charge in [-0.15, -0.1) is 11.8 Å². The Morgan fingerprint density at radius 3 is 2.71 bits per heavy atom. The summed E-state index contributed by atoms with van der Waals surface area (Å²) in [6, 6.07) is -0.361. The molecule has 1 rings (SSSR count). The molecule has 1 heterocycles. The van der Waals surface area contributed by atoms with Crippen molar-refractivity contribution >= 4 is 28.7 Å². The summed E-state index contributed by atoms with van der Waals surface area (Å²) in [5.41, 5.74) is 0. The third kappa shape index (κ3) is 5.69. The smallest absolute Gasteiger partial charge is 0.330 e. The maximum absolute atomic E-state index is 11.8. The summed E-state index contributed by atoms with van der Waals surface area (Å²) in [6.07, 6.45) is 1.91. The molecule has 0 bridgehead atoms. The molecule has 1 aliphatic rings. The first-order valence-corrected chi connectivity index (χ1v) is 8.42. The van der Waals surface area contributed by atoms with Crippen molar-refractivity contribution in [2.75, 3.05) is 19.5 Å². The maximum Gasteiger partial charge on any atom is 0.330 e. The van der Waals surface area contributed by atoms with Crippen LogP contribution in [0.1, 0.15) is 40.0 Å². The molecule has 0 saturated carbocycles. The van der Waals surface area contributed by atoms with Gasteiger partial charge < -0.3 is 9.47 Å². The number of carbonyl (C=O) groups is 2. The highest BCUT2D eigenvalue weighted by Crippen LogP contribution is 2.33. The zero-order chi connectivity index (χ0) is 15.8. The summed E-state index contributed by atoms with van der Waals surface area (Å²) in [7, 11) is 1.40. The average molecular weight is 315 g/mol. The maximum atomic E-state index is 11.8. The van der Waals surface area contributed by atoms with Crippen molar-refractivity contribution in [3.8, 4) is 0 Å².